The lowest BCUT2D eigenvalue weighted by atomic mass is 10.0. The fourth-order valence-electron chi connectivity index (χ4n) is 3.30. The number of nitrogens with one attached hydrogen (secondary N) is 1. The highest BCUT2D eigenvalue weighted by atomic mass is 16.9. The van der Waals surface area contributed by atoms with Gasteiger partial charge in [0.25, 0.3) is 5.09 Å². The summed E-state index contributed by atoms with van der Waals surface area (Å²) in [7, 11) is 0. The highest BCUT2D eigenvalue weighted by Gasteiger charge is 2.27. The van der Waals surface area contributed by atoms with E-state index in [1.54, 1.807) is 17.0 Å². The molecule has 1 heterocycles. The molecule has 2 unspecified atom stereocenters. The van der Waals surface area contributed by atoms with E-state index < -0.39 is 11.2 Å². The van der Waals surface area contributed by atoms with E-state index in [9.17, 15) is 20.0 Å². The van der Waals surface area contributed by atoms with Crippen LogP contribution in [0.2, 0.25) is 0 Å². The Bertz CT molecular complexity index is 689. The molecular formula is C21H33N3O6. The molecule has 0 aromatic heterocycles. The number of piperidine rings is 1. The van der Waals surface area contributed by atoms with Crippen LogP contribution in [0.5, 0.6) is 5.75 Å². The molecule has 1 saturated heterocycles. The van der Waals surface area contributed by atoms with Crippen LogP contribution in [0.15, 0.2) is 24.3 Å². The first-order valence-electron chi connectivity index (χ1n) is 10.4. The van der Waals surface area contributed by atoms with Crippen molar-refractivity contribution in [2.24, 2.45) is 0 Å². The largest absolute Gasteiger partial charge is 0.491 e. The van der Waals surface area contributed by atoms with Crippen molar-refractivity contribution in [3.8, 4) is 5.75 Å². The number of hydrogen-bond acceptors (Lipinski definition) is 7. The summed E-state index contributed by atoms with van der Waals surface area (Å²) < 4.78 is 5.62. The zero-order valence-electron chi connectivity index (χ0n) is 18.0. The minimum absolute atomic E-state index is 0.0657. The van der Waals surface area contributed by atoms with Crippen LogP contribution in [0.4, 0.5) is 0 Å². The van der Waals surface area contributed by atoms with Gasteiger partial charge in [-0.05, 0) is 57.7 Å². The minimum Gasteiger partial charge on any atom is -0.491 e. The van der Waals surface area contributed by atoms with E-state index in [1.165, 1.54) is 0 Å². The predicted octanol–water partition coefficient (Wildman–Crippen LogP) is 1.95. The Hall–Kier alpha value is -2.39. The Morgan fingerprint density at radius 2 is 2.03 bits per heavy atom. The summed E-state index contributed by atoms with van der Waals surface area (Å²) in [5.74, 6) is 0.556. The quantitative estimate of drug-likeness (QED) is 0.437. The third-order valence-electron chi connectivity index (χ3n) is 4.91. The van der Waals surface area contributed by atoms with Crippen LogP contribution in [0.25, 0.3) is 0 Å². The van der Waals surface area contributed by atoms with Gasteiger partial charge in [0.1, 0.15) is 25.1 Å². The van der Waals surface area contributed by atoms with Crippen molar-refractivity contribution in [1.82, 2.24) is 10.2 Å². The molecule has 0 radical (unpaired) electrons. The number of β-amino-alcohol motifs (C(OH)–C–C–N with tert-alkyl or cyclic N) is 1. The van der Waals surface area contributed by atoms with Gasteiger partial charge < -0.3 is 24.9 Å². The lowest BCUT2D eigenvalue weighted by molar-refractivity contribution is -0.758. The third kappa shape index (κ3) is 8.54. The van der Waals surface area contributed by atoms with Crippen molar-refractivity contribution in [3.63, 3.8) is 0 Å². The molecule has 2 rings (SSSR count). The normalized spacial score (nSPS) is 18.0. The van der Waals surface area contributed by atoms with E-state index in [4.69, 9.17) is 4.74 Å². The lowest BCUT2D eigenvalue weighted by Gasteiger charge is -2.35. The number of nitrogens with zero attached hydrogens (tertiary/aromatic N) is 2. The third-order valence-corrected chi connectivity index (χ3v) is 4.91. The Morgan fingerprint density at radius 3 is 2.67 bits per heavy atom. The summed E-state index contributed by atoms with van der Waals surface area (Å²) in [5.41, 5.74) is 0.764. The van der Waals surface area contributed by atoms with Crippen LogP contribution in [-0.4, -0.2) is 65.0 Å². The van der Waals surface area contributed by atoms with Crippen LogP contribution in [0, 0.1) is 10.1 Å². The summed E-state index contributed by atoms with van der Waals surface area (Å²) in [6, 6.07) is 6.92. The molecule has 9 heteroatoms. The maximum absolute atomic E-state index is 12.7. The lowest BCUT2D eigenvalue weighted by Crippen LogP contribution is -2.47. The molecule has 168 valence electrons. The molecule has 9 nitrogen and oxygen atoms in total. The topological polar surface area (TPSA) is 114 Å². The van der Waals surface area contributed by atoms with Gasteiger partial charge >= 0.3 is 0 Å². The molecule has 0 saturated carbocycles. The zero-order chi connectivity index (χ0) is 22.1. The molecular weight excluding hydrogens is 390 g/mol. The number of amides is 1. The summed E-state index contributed by atoms with van der Waals surface area (Å²) >= 11 is 0. The van der Waals surface area contributed by atoms with Crippen molar-refractivity contribution in [2.75, 3.05) is 26.3 Å². The number of carbonyl (C=O) groups excluding carboxylic acids is 1. The number of carbonyl (C=O) groups is 1. The van der Waals surface area contributed by atoms with Gasteiger partial charge in [-0.3, -0.25) is 4.79 Å². The van der Waals surface area contributed by atoms with Crippen molar-refractivity contribution in [3.05, 3.63) is 39.9 Å². The number of rotatable bonds is 10. The Labute approximate surface area is 177 Å². The zero-order valence-corrected chi connectivity index (χ0v) is 18.0. The fraction of sp³-hybridized carbons (Fsp3) is 0.667. The number of aliphatic hydroxyl groups excluding tert-OH is 1. The van der Waals surface area contributed by atoms with Crippen molar-refractivity contribution >= 4 is 5.91 Å². The predicted molar refractivity (Wildman–Crippen MR) is 112 cm³/mol. The molecule has 1 fully saturated rings. The standard InChI is InChI=1S/C21H33N3O6/c1-21(2,3)22-13-18(25)15-29-19-9-7-16(8-10-19)12-20(26)23-11-5-4-6-17(23)14-30-24(27)28/h7-10,17-18,22,25H,4-6,11-15H2,1-3H3. The van der Waals surface area contributed by atoms with Gasteiger partial charge in [-0.25, -0.2) is 0 Å². The number of aliphatic hydroxyl groups is 1. The number of hydrogen-bond donors (Lipinski definition) is 2. The molecule has 2 N–H and O–H groups in total. The van der Waals surface area contributed by atoms with Crippen LogP contribution in [-0.2, 0) is 16.1 Å². The average molecular weight is 424 g/mol. The monoisotopic (exact) mass is 423 g/mol. The van der Waals surface area contributed by atoms with E-state index in [0.717, 1.165) is 18.4 Å². The van der Waals surface area contributed by atoms with Crippen molar-refractivity contribution in [2.45, 2.75) is 64.1 Å². The van der Waals surface area contributed by atoms with Crippen molar-refractivity contribution < 1.29 is 24.6 Å². The van der Waals surface area contributed by atoms with Gasteiger partial charge in [-0.15, -0.1) is 10.1 Å². The van der Waals surface area contributed by atoms with E-state index in [-0.39, 0.29) is 37.1 Å². The first-order valence-corrected chi connectivity index (χ1v) is 10.4. The second-order valence-electron chi connectivity index (χ2n) is 8.67. The number of benzene rings is 1. The van der Waals surface area contributed by atoms with Gasteiger partial charge in [0.15, 0.2) is 0 Å². The fourth-order valence-corrected chi connectivity index (χ4v) is 3.30. The van der Waals surface area contributed by atoms with Crippen LogP contribution in [0.3, 0.4) is 0 Å². The molecule has 30 heavy (non-hydrogen) atoms. The number of ether oxygens (including phenoxy) is 1. The van der Waals surface area contributed by atoms with Gasteiger partial charge in [-0.2, -0.15) is 0 Å². The van der Waals surface area contributed by atoms with Gasteiger partial charge in [0.05, 0.1) is 12.5 Å². The first-order chi connectivity index (χ1) is 14.1. The number of likely N-dealkylation sites (tertiary alicyclic amines) is 1. The van der Waals surface area contributed by atoms with E-state index >= 15 is 0 Å². The second-order valence-corrected chi connectivity index (χ2v) is 8.67. The molecule has 1 aromatic rings. The highest BCUT2D eigenvalue weighted by molar-refractivity contribution is 5.79. The Kier molecular flexibility index (Phi) is 8.86. The smallest absolute Gasteiger partial charge is 0.294 e. The van der Waals surface area contributed by atoms with Crippen molar-refractivity contribution in [1.29, 1.82) is 0 Å². The summed E-state index contributed by atoms with van der Waals surface area (Å²) in [6.45, 7) is 7.21. The molecule has 2 atom stereocenters. The molecule has 0 aliphatic carbocycles. The van der Waals surface area contributed by atoms with Crippen LogP contribution in [0.1, 0.15) is 45.6 Å². The molecule has 1 aliphatic heterocycles. The Morgan fingerprint density at radius 1 is 1.33 bits per heavy atom. The van der Waals surface area contributed by atoms with Gasteiger partial charge in [-0.1, -0.05) is 12.1 Å². The molecule has 0 bridgehead atoms. The maximum atomic E-state index is 12.7. The minimum atomic E-state index is -0.813. The summed E-state index contributed by atoms with van der Waals surface area (Å²) in [5, 5.41) is 22.9. The van der Waals surface area contributed by atoms with Gasteiger partial charge in [0, 0.05) is 18.6 Å². The summed E-state index contributed by atoms with van der Waals surface area (Å²) in [6.07, 6.45) is 2.12. The second kappa shape index (κ2) is 11.1. The van der Waals surface area contributed by atoms with Crippen LogP contribution >= 0.6 is 0 Å². The molecule has 0 spiro atoms. The van der Waals surface area contributed by atoms with E-state index in [0.29, 0.717) is 25.3 Å². The summed E-state index contributed by atoms with van der Waals surface area (Å²) in [4.78, 5) is 29.4. The van der Waals surface area contributed by atoms with Gasteiger partial charge in [0.2, 0.25) is 5.91 Å². The SMILES string of the molecule is CC(C)(C)NCC(O)COc1ccc(CC(=O)N2CCCCC2CO[N+](=O)[O-])cc1. The highest BCUT2D eigenvalue weighted by Crippen LogP contribution is 2.20. The molecule has 1 aliphatic rings. The van der Waals surface area contributed by atoms with E-state index in [1.807, 2.05) is 32.9 Å². The van der Waals surface area contributed by atoms with Crippen LogP contribution < -0.4 is 10.1 Å². The average Bonchev–Trinajstić information content (AvgIpc) is 2.69. The molecule has 1 aromatic carbocycles. The van der Waals surface area contributed by atoms with E-state index in [2.05, 4.69) is 10.2 Å². The molecule has 1 amide bonds. The maximum Gasteiger partial charge on any atom is 0.294 e. The Balaban J connectivity index is 1.82. The first kappa shape index (κ1) is 23.9.